The molecule has 1 fully saturated rings. The van der Waals surface area contributed by atoms with Crippen molar-refractivity contribution in [1.82, 2.24) is 14.7 Å². The van der Waals surface area contributed by atoms with E-state index in [9.17, 15) is 4.79 Å². The summed E-state index contributed by atoms with van der Waals surface area (Å²) in [4.78, 5) is 15.4. The first-order valence-electron chi connectivity index (χ1n) is 9.37. The van der Waals surface area contributed by atoms with E-state index in [1.165, 1.54) is 25.0 Å². The van der Waals surface area contributed by atoms with E-state index in [1.54, 1.807) is 18.0 Å². The van der Waals surface area contributed by atoms with E-state index in [0.717, 1.165) is 36.4 Å². The minimum Gasteiger partial charge on any atom is -0.497 e. The lowest BCUT2D eigenvalue weighted by molar-refractivity contribution is 0.0749. The molecule has 5 nitrogen and oxygen atoms in total. The van der Waals surface area contributed by atoms with E-state index < -0.39 is 0 Å². The lowest BCUT2D eigenvalue weighted by Gasteiger charge is -2.38. The van der Waals surface area contributed by atoms with Gasteiger partial charge in [0, 0.05) is 24.9 Å². The summed E-state index contributed by atoms with van der Waals surface area (Å²) < 4.78 is 7.03. The topological polar surface area (TPSA) is 47.4 Å². The van der Waals surface area contributed by atoms with Gasteiger partial charge in [-0.2, -0.15) is 5.10 Å². The van der Waals surface area contributed by atoms with Crippen molar-refractivity contribution < 1.29 is 9.53 Å². The molecule has 1 aromatic carbocycles. The van der Waals surface area contributed by atoms with Crippen LogP contribution in [-0.4, -0.2) is 34.2 Å². The SMILES string of the molecule is COc1ccc(-c2c(C(=O)N3CCCC4CCCC=C43)cnn2C)cc1. The smallest absolute Gasteiger partial charge is 0.261 e. The second kappa shape index (κ2) is 6.98. The summed E-state index contributed by atoms with van der Waals surface area (Å²) in [5.41, 5.74) is 3.73. The van der Waals surface area contributed by atoms with E-state index >= 15 is 0 Å². The fourth-order valence-electron chi connectivity index (χ4n) is 4.23. The number of ether oxygens (including phenoxy) is 1. The first-order chi connectivity index (χ1) is 12.7. The Kier molecular flexibility index (Phi) is 4.53. The van der Waals surface area contributed by atoms with Crippen molar-refractivity contribution in [3.63, 3.8) is 0 Å². The largest absolute Gasteiger partial charge is 0.497 e. The van der Waals surface area contributed by atoms with Crippen LogP contribution in [0.5, 0.6) is 5.75 Å². The van der Waals surface area contributed by atoms with Crippen LogP contribution in [0.15, 0.2) is 42.2 Å². The van der Waals surface area contributed by atoms with Crippen LogP contribution >= 0.6 is 0 Å². The Morgan fingerprint density at radius 3 is 2.73 bits per heavy atom. The molecule has 26 heavy (non-hydrogen) atoms. The molecular formula is C21H25N3O2. The average molecular weight is 351 g/mol. The fourth-order valence-corrected chi connectivity index (χ4v) is 4.23. The van der Waals surface area contributed by atoms with Gasteiger partial charge in [0.05, 0.1) is 24.6 Å². The third kappa shape index (κ3) is 2.91. The minimum absolute atomic E-state index is 0.0711. The van der Waals surface area contributed by atoms with Crippen molar-refractivity contribution in [2.75, 3.05) is 13.7 Å². The summed E-state index contributed by atoms with van der Waals surface area (Å²) in [5, 5.41) is 4.37. The van der Waals surface area contributed by atoms with Gasteiger partial charge in [0.15, 0.2) is 0 Å². The average Bonchev–Trinajstić information content (AvgIpc) is 3.08. The summed E-state index contributed by atoms with van der Waals surface area (Å²) in [6.07, 6.45) is 9.77. The van der Waals surface area contributed by atoms with E-state index in [4.69, 9.17) is 4.74 Å². The molecule has 1 unspecified atom stereocenters. The van der Waals surface area contributed by atoms with Crippen LogP contribution in [0, 0.1) is 5.92 Å². The lowest BCUT2D eigenvalue weighted by atomic mass is 9.84. The number of allylic oxidation sites excluding steroid dienone is 2. The maximum atomic E-state index is 13.4. The molecule has 1 saturated heterocycles. The number of rotatable bonds is 3. The number of aryl methyl sites for hydroxylation is 1. The van der Waals surface area contributed by atoms with Gasteiger partial charge in [-0.3, -0.25) is 9.48 Å². The number of likely N-dealkylation sites (tertiary alicyclic amines) is 1. The van der Waals surface area contributed by atoms with Crippen molar-refractivity contribution in [3.8, 4) is 17.0 Å². The molecule has 1 aliphatic carbocycles. The number of benzene rings is 1. The van der Waals surface area contributed by atoms with E-state index in [1.807, 2.05) is 36.2 Å². The molecule has 1 atom stereocenters. The minimum atomic E-state index is 0.0711. The normalized spacial score (nSPS) is 19.7. The van der Waals surface area contributed by atoms with Crippen molar-refractivity contribution in [3.05, 3.63) is 47.8 Å². The Morgan fingerprint density at radius 2 is 1.96 bits per heavy atom. The van der Waals surface area contributed by atoms with E-state index in [2.05, 4.69) is 11.2 Å². The number of hydrogen-bond acceptors (Lipinski definition) is 3. The highest BCUT2D eigenvalue weighted by Crippen LogP contribution is 2.36. The maximum absolute atomic E-state index is 13.4. The van der Waals surface area contributed by atoms with Crippen LogP contribution < -0.4 is 4.74 Å². The van der Waals surface area contributed by atoms with Crippen LogP contribution in [0.3, 0.4) is 0 Å². The van der Waals surface area contributed by atoms with Gasteiger partial charge in [-0.1, -0.05) is 6.08 Å². The third-order valence-corrected chi connectivity index (χ3v) is 5.55. The molecule has 0 N–H and O–H groups in total. The number of hydrogen-bond donors (Lipinski definition) is 0. The Balaban J connectivity index is 1.69. The molecule has 136 valence electrons. The summed E-state index contributed by atoms with van der Waals surface area (Å²) in [5.74, 6) is 1.42. The fraction of sp³-hybridized carbons (Fsp3) is 0.429. The molecule has 1 aliphatic heterocycles. The number of aromatic nitrogens is 2. The maximum Gasteiger partial charge on any atom is 0.261 e. The van der Waals surface area contributed by atoms with Gasteiger partial charge in [-0.15, -0.1) is 0 Å². The van der Waals surface area contributed by atoms with Gasteiger partial charge in [0.25, 0.3) is 5.91 Å². The number of carbonyl (C=O) groups is 1. The summed E-state index contributed by atoms with van der Waals surface area (Å²) in [6, 6.07) is 7.78. The van der Waals surface area contributed by atoms with Gasteiger partial charge in [-0.05, 0) is 62.3 Å². The van der Waals surface area contributed by atoms with E-state index in [0.29, 0.717) is 11.5 Å². The molecule has 0 spiro atoms. The molecule has 0 saturated carbocycles. The number of nitrogens with zero attached hydrogens (tertiary/aromatic N) is 3. The molecule has 0 radical (unpaired) electrons. The van der Waals surface area contributed by atoms with Crippen LogP contribution in [0.2, 0.25) is 0 Å². The van der Waals surface area contributed by atoms with Crippen LogP contribution in [-0.2, 0) is 7.05 Å². The predicted octanol–water partition coefficient (Wildman–Crippen LogP) is 4.02. The van der Waals surface area contributed by atoms with Crippen LogP contribution in [0.25, 0.3) is 11.3 Å². The predicted molar refractivity (Wildman–Crippen MR) is 101 cm³/mol. The van der Waals surface area contributed by atoms with Crippen molar-refractivity contribution in [1.29, 1.82) is 0 Å². The molecule has 1 aromatic heterocycles. The number of methoxy groups -OCH3 is 1. The first kappa shape index (κ1) is 16.9. The number of amides is 1. The molecule has 2 aromatic rings. The van der Waals surface area contributed by atoms with Gasteiger partial charge < -0.3 is 9.64 Å². The highest BCUT2D eigenvalue weighted by Gasteiger charge is 2.32. The number of fused-ring (bicyclic) bond motifs is 1. The Hall–Kier alpha value is -2.56. The molecule has 4 rings (SSSR count). The molecule has 1 amide bonds. The van der Waals surface area contributed by atoms with Gasteiger partial charge in [-0.25, -0.2) is 0 Å². The molecule has 0 bridgehead atoms. The highest BCUT2D eigenvalue weighted by molar-refractivity contribution is 6.01. The summed E-state index contributed by atoms with van der Waals surface area (Å²) in [7, 11) is 3.54. The van der Waals surface area contributed by atoms with Gasteiger partial charge in [0.1, 0.15) is 5.75 Å². The standard InChI is InChI=1S/C21H25N3O2/c1-23-20(16-9-11-17(26-2)12-10-16)18(14-22-23)21(25)24-13-5-7-15-6-3-4-8-19(15)24/h8-12,14-15H,3-7,13H2,1-2H3. The lowest BCUT2D eigenvalue weighted by Crippen LogP contribution is -2.39. The zero-order chi connectivity index (χ0) is 18.1. The number of carbonyl (C=O) groups excluding carboxylic acids is 1. The second-order valence-corrected chi connectivity index (χ2v) is 7.11. The van der Waals surface area contributed by atoms with Gasteiger partial charge in [0.2, 0.25) is 0 Å². The third-order valence-electron chi connectivity index (χ3n) is 5.55. The Morgan fingerprint density at radius 1 is 1.19 bits per heavy atom. The molecule has 5 heteroatoms. The zero-order valence-corrected chi connectivity index (χ0v) is 15.4. The molecular weight excluding hydrogens is 326 g/mol. The van der Waals surface area contributed by atoms with E-state index in [-0.39, 0.29) is 5.91 Å². The van der Waals surface area contributed by atoms with Crippen molar-refractivity contribution >= 4 is 5.91 Å². The molecule has 2 aliphatic rings. The van der Waals surface area contributed by atoms with Crippen molar-refractivity contribution in [2.45, 2.75) is 32.1 Å². The van der Waals surface area contributed by atoms with Crippen LogP contribution in [0.1, 0.15) is 42.5 Å². The quantitative estimate of drug-likeness (QED) is 0.839. The Labute approximate surface area is 154 Å². The summed E-state index contributed by atoms with van der Waals surface area (Å²) in [6.45, 7) is 0.804. The highest BCUT2D eigenvalue weighted by atomic mass is 16.5. The summed E-state index contributed by atoms with van der Waals surface area (Å²) >= 11 is 0. The second-order valence-electron chi connectivity index (χ2n) is 7.11. The first-order valence-corrected chi connectivity index (χ1v) is 9.37. The van der Waals surface area contributed by atoms with Crippen LogP contribution in [0.4, 0.5) is 0 Å². The van der Waals surface area contributed by atoms with Gasteiger partial charge >= 0.3 is 0 Å². The zero-order valence-electron chi connectivity index (χ0n) is 15.4. The monoisotopic (exact) mass is 351 g/mol. The Bertz CT molecular complexity index is 835. The number of piperidine rings is 1. The van der Waals surface area contributed by atoms with Crippen molar-refractivity contribution in [2.24, 2.45) is 13.0 Å². The molecule has 2 heterocycles.